The Morgan fingerprint density at radius 1 is 1.11 bits per heavy atom. The summed E-state index contributed by atoms with van der Waals surface area (Å²) in [4.78, 5) is 44.2. The van der Waals surface area contributed by atoms with Crippen molar-refractivity contribution in [2.75, 3.05) is 46.0 Å². The van der Waals surface area contributed by atoms with Gasteiger partial charge in [-0.2, -0.15) is 18.3 Å². The van der Waals surface area contributed by atoms with Crippen LogP contribution in [0.1, 0.15) is 61.1 Å². The third kappa shape index (κ3) is 7.32. The third-order valence-corrected chi connectivity index (χ3v) is 8.50. The number of nitrogens with zero attached hydrogens (tertiary/aromatic N) is 4. The molecule has 1 aromatic heterocycles. The zero-order chi connectivity index (χ0) is 33.3. The fraction of sp³-hybridized carbons (Fsp3) is 0.562. The molecular weight excluding hydrogens is 607 g/mol. The molecule has 2 aromatic rings. The Hall–Kier alpha value is -4.07. The predicted molar refractivity (Wildman–Crippen MR) is 160 cm³/mol. The van der Waals surface area contributed by atoms with Crippen LogP contribution in [0, 0.1) is 5.41 Å². The van der Waals surface area contributed by atoms with Gasteiger partial charge >= 0.3 is 12.3 Å². The molecule has 0 radical (unpaired) electrons. The van der Waals surface area contributed by atoms with Crippen LogP contribution in [0.4, 0.5) is 18.0 Å². The molecule has 2 saturated heterocycles. The Kier molecular flexibility index (Phi) is 9.39. The molecule has 2 bridgehead atoms. The molecule has 11 nitrogen and oxygen atoms in total. The van der Waals surface area contributed by atoms with E-state index < -0.39 is 46.7 Å². The Morgan fingerprint density at radius 2 is 1.87 bits per heavy atom. The first-order valence-electron chi connectivity index (χ1n) is 15.3. The van der Waals surface area contributed by atoms with Gasteiger partial charge in [0.1, 0.15) is 18.0 Å². The van der Waals surface area contributed by atoms with Crippen molar-refractivity contribution >= 4 is 17.9 Å². The van der Waals surface area contributed by atoms with E-state index in [1.807, 2.05) is 0 Å². The maximum Gasteiger partial charge on any atom is 0.416 e. The second kappa shape index (κ2) is 13.0. The summed E-state index contributed by atoms with van der Waals surface area (Å²) in [5, 5.41) is 7.40. The second-order valence-electron chi connectivity index (χ2n) is 13.1. The molecule has 2 fully saturated rings. The number of benzene rings is 1. The van der Waals surface area contributed by atoms with Crippen LogP contribution >= 0.6 is 0 Å². The minimum Gasteiger partial charge on any atom is -0.489 e. The fourth-order valence-corrected chi connectivity index (χ4v) is 6.23. The Morgan fingerprint density at radius 3 is 2.57 bits per heavy atom. The summed E-state index contributed by atoms with van der Waals surface area (Å²) < 4.78 is 60.1. The van der Waals surface area contributed by atoms with E-state index in [0.717, 1.165) is 23.9 Å². The number of carbonyl (C=O) groups excluding carboxylic acids is 3. The van der Waals surface area contributed by atoms with Crippen LogP contribution in [0.2, 0.25) is 0 Å². The van der Waals surface area contributed by atoms with Gasteiger partial charge in [0, 0.05) is 51.0 Å². The fourth-order valence-electron chi connectivity index (χ4n) is 6.23. The first-order valence-corrected chi connectivity index (χ1v) is 15.3. The molecule has 3 aliphatic rings. The number of ether oxygens (including phenoxy) is 3. The van der Waals surface area contributed by atoms with Crippen molar-refractivity contribution in [3.8, 4) is 5.75 Å². The smallest absolute Gasteiger partial charge is 0.416 e. The summed E-state index contributed by atoms with van der Waals surface area (Å²) in [5.74, 6) is -1.39. The zero-order valence-electron chi connectivity index (χ0n) is 26.4. The zero-order valence-corrected chi connectivity index (χ0v) is 26.4. The molecular formula is C32H40F3N5O6. The average molecular weight is 648 g/mol. The highest BCUT2D eigenvalue weighted by molar-refractivity contribution is 5.97. The van der Waals surface area contributed by atoms with Gasteiger partial charge in [-0.05, 0) is 64.0 Å². The molecule has 3 aliphatic heterocycles. The van der Waals surface area contributed by atoms with Gasteiger partial charge in [0.15, 0.2) is 0 Å². The summed E-state index contributed by atoms with van der Waals surface area (Å²) in [7, 11) is 1.75. The molecule has 1 N–H and O–H groups in total. The molecule has 5 rings (SSSR count). The van der Waals surface area contributed by atoms with E-state index in [1.165, 1.54) is 9.80 Å². The van der Waals surface area contributed by atoms with E-state index >= 15 is 0 Å². The molecule has 250 valence electrons. The van der Waals surface area contributed by atoms with Crippen LogP contribution < -0.4 is 10.1 Å². The number of alkyl halides is 3. The molecule has 14 heteroatoms. The lowest BCUT2D eigenvalue weighted by molar-refractivity contribution is -0.139. The standard InChI is InChI=1S/C32H40F3N5O6/c1-30(2,3)46-29(43)39-13-7-11-31(19-39)20-44-14-5-6-15-45-26-9-8-21(32(33,34)35)16-22(26)27(41)40-17-23(24(18-40)37-28(31)42)25-10-12-36-38(25)4/h5-6,8-10,12,16,23-24H,7,11,13-15,17-20H2,1-4H3,(H,37,42)/b6-5-/t23-,24-,31?/m1/s1. The number of likely N-dealkylation sites (tertiary alicyclic amines) is 1. The summed E-state index contributed by atoms with van der Waals surface area (Å²) in [6, 6.07) is 4.02. The maximum atomic E-state index is 14.3. The highest BCUT2D eigenvalue weighted by atomic mass is 19.4. The van der Waals surface area contributed by atoms with Gasteiger partial charge in [-0.3, -0.25) is 14.3 Å². The second-order valence-corrected chi connectivity index (χ2v) is 13.1. The van der Waals surface area contributed by atoms with Crippen molar-refractivity contribution in [1.29, 1.82) is 0 Å². The highest BCUT2D eigenvalue weighted by Crippen LogP contribution is 2.37. The van der Waals surface area contributed by atoms with Gasteiger partial charge < -0.3 is 29.3 Å². The van der Waals surface area contributed by atoms with Crippen LogP contribution in [0.3, 0.4) is 0 Å². The maximum absolute atomic E-state index is 14.3. The number of hydrogen-bond acceptors (Lipinski definition) is 7. The van der Waals surface area contributed by atoms with E-state index in [4.69, 9.17) is 14.2 Å². The molecule has 3 amide bonds. The number of fused-ring (bicyclic) bond motifs is 3. The van der Waals surface area contributed by atoms with Gasteiger partial charge in [0.05, 0.1) is 35.8 Å². The van der Waals surface area contributed by atoms with Gasteiger partial charge in [-0.25, -0.2) is 4.79 Å². The quantitative estimate of drug-likeness (QED) is 0.463. The largest absolute Gasteiger partial charge is 0.489 e. The Balaban J connectivity index is 1.50. The number of aromatic nitrogens is 2. The van der Waals surface area contributed by atoms with Crippen LogP contribution in [-0.4, -0.2) is 95.1 Å². The van der Waals surface area contributed by atoms with Crippen molar-refractivity contribution in [3.05, 3.63) is 59.4 Å². The van der Waals surface area contributed by atoms with Gasteiger partial charge in [-0.15, -0.1) is 0 Å². The molecule has 1 spiro atoms. The lowest BCUT2D eigenvalue weighted by Crippen LogP contribution is -2.58. The van der Waals surface area contributed by atoms with Crippen LogP contribution in [0.15, 0.2) is 42.6 Å². The van der Waals surface area contributed by atoms with Crippen molar-refractivity contribution < 1.29 is 41.8 Å². The molecule has 1 unspecified atom stereocenters. The Labute approximate surface area is 265 Å². The molecule has 3 atom stereocenters. The number of hydrogen-bond donors (Lipinski definition) is 1. The number of amides is 3. The number of piperidine rings is 1. The topological polar surface area (TPSA) is 115 Å². The van der Waals surface area contributed by atoms with Crippen molar-refractivity contribution in [2.45, 2.75) is 57.3 Å². The molecule has 0 saturated carbocycles. The number of aryl methyl sites for hydroxylation is 1. The lowest BCUT2D eigenvalue weighted by Gasteiger charge is -2.42. The van der Waals surface area contributed by atoms with Gasteiger partial charge in [0.2, 0.25) is 5.91 Å². The molecule has 46 heavy (non-hydrogen) atoms. The monoisotopic (exact) mass is 647 g/mol. The summed E-state index contributed by atoms with van der Waals surface area (Å²) in [5.41, 5.74) is -2.28. The first kappa shape index (κ1) is 33.3. The Bertz CT molecular complexity index is 1490. The van der Waals surface area contributed by atoms with Gasteiger partial charge in [-0.1, -0.05) is 6.08 Å². The highest BCUT2D eigenvalue weighted by Gasteiger charge is 2.48. The molecule has 1 aromatic carbocycles. The molecule has 0 aliphatic carbocycles. The average Bonchev–Trinajstić information content (AvgIpc) is 3.60. The SMILES string of the molecule is Cn1nccc1[C@@H]1CN2C[C@H]1NC(=O)C1(CCCN(C(=O)OC(C)(C)C)C1)COC/C=C\COc1ccc(C(F)(F)F)cc1C2=O. The predicted octanol–water partition coefficient (Wildman–Crippen LogP) is 4.15. The number of carbonyl (C=O) groups is 3. The van der Waals surface area contributed by atoms with Crippen LogP contribution in [0.25, 0.3) is 0 Å². The minimum atomic E-state index is -4.66. The van der Waals surface area contributed by atoms with Crippen LogP contribution in [0.5, 0.6) is 5.75 Å². The van der Waals surface area contributed by atoms with E-state index in [1.54, 1.807) is 56.9 Å². The van der Waals surface area contributed by atoms with Crippen LogP contribution in [-0.2, 0) is 27.5 Å². The summed E-state index contributed by atoms with van der Waals surface area (Å²) in [6.45, 7) is 6.09. The first-order chi connectivity index (χ1) is 21.7. The lowest BCUT2D eigenvalue weighted by atomic mass is 9.79. The van der Waals surface area contributed by atoms with E-state index in [0.29, 0.717) is 19.4 Å². The van der Waals surface area contributed by atoms with E-state index in [2.05, 4.69) is 10.4 Å². The summed E-state index contributed by atoms with van der Waals surface area (Å²) in [6.07, 6.45) is 0.706. The van der Waals surface area contributed by atoms with Gasteiger partial charge in [0.25, 0.3) is 5.91 Å². The number of rotatable bonds is 1. The van der Waals surface area contributed by atoms with E-state index in [-0.39, 0.29) is 56.7 Å². The normalized spacial score (nSPS) is 25.5. The van der Waals surface area contributed by atoms with E-state index in [9.17, 15) is 27.6 Å². The van der Waals surface area contributed by atoms with Crippen molar-refractivity contribution in [1.82, 2.24) is 24.9 Å². The minimum absolute atomic E-state index is 0.0172. The van der Waals surface area contributed by atoms with Crippen molar-refractivity contribution in [2.24, 2.45) is 12.5 Å². The summed E-state index contributed by atoms with van der Waals surface area (Å²) >= 11 is 0. The third-order valence-electron chi connectivity index (χ3n) is 8.50. The number of nitrogens with one attached hydrogen (secondary N) is 1. The number of halogens is 3. The molecule has 4 heterocycles. The van der Waals surface area contributed by atoms with Crippen molar-refractivity contribution in [3.63, 3.8) is 0 Å².